The Kier molecular flexibility index (Phi) is 12.9. The van der Waals surface area contributed by atoms with Gasteiger partial charge in [-0.25, -0.2) is 4.39 Å². The maximum Gasteiger partial charge on any atom is 0.276 e. The lowest BCUT2D eigenvalue weighted by Crippen LogP contribution is -2.59. The fourth-order valence-electron chi connectivity index (χ4n) is 8.06. The second-order valence-electron chi connectivity index (χ2n) is 15.4. The van der Waals surface area contributed by atoms with E-state index in [0.29, 0.717) is 29.9 Å². The van der Waals surface area contributed by atoms with Gasteiger partial charge >= 0.3 is 0 Å². The van der Waals surface area contributed by atoms with Crippen LogP contribution in [0.3, 0.4) is 0 Å². The lowest BCUT2D eigenvalue weighted by molar-refractivity contribution is -0.138. The van der Waals surface area contributed by atoms with Crippen molar-refractivity contribution in [2.45, 2.75) is 70.7 Å². The molecule has 0 aliphatic carbocycles. The zero-order valence-corrected chi connectivity index (χ0v) is 35.8. The number of nitrogens with two attached hydrogens (primary N) is 1. The highest BCUT2D eigenvalue weighted by Gasteiger charge is 2.45. The maximum atomic E-state index is 14.1. The van der Waals surface area contributed by atoms with Gasteiger partial charge in [-0.1, -0.05) is 29.3 Å². The van der Waals surface area contributed by atoms with Crippen LogP contribution in [0.2, 0.25) is 10.0 Å². The lowest BCUT2D eigenvalue weighted by atomic mass is 10.0. The number of piperidine rings is 1. The van der Waals surface area contributed by atoms with Crippen LogP contribution in [-0.4, -0.2) is 104 Å². The first-order chi connectivity index (χ1) is 30.0. The first kappa shape index (κ1) is 44.4. The zero-order chi connectivity index (χ0) is 45.3. The third-order valence-corrected chi connectivity index (χ3v) is 11.8. The Hall–Kier alpha value is -6.66. The van der Waals surface area contributed by atoms with E-state index in [1.807, 2.05) is 13.8 Å². The number of fused-ring (bicyclic) bond motifs is 1. The molecule has 1 aromatic heterocycles. The van der Waals surface area contributed by atoms with Crippen molar-refractivity contribution in [1.29, 1.82) is 0 Å². The molecule has 17 nitrogen and oxygen atoms in total. The van der Waals surface area contributed by atoms with Crippen LogP contribution in [0.15, 0.2) is 60.7 Å². The Balaban J connectivity index is 0.896. The highest BCUT2D eigenvalue weighted by atomic mass is 35.5. The molecule has 3 aliphatic rings. The number of piperazine rings is 1. The van der Waals surface area contributed by atoms with Gasteiger partial charge in [-0.3, -0.25) is 43.8 Å². The van der Waals surface area contributed by atoms with Crippen LogP contribution < -0.4 is 26.4 Å². The molecule has 20 heteroatoms. The van der Waals surface area contributed by atoms with Gasteiger partial charge in [-0.15, -0.1) is 10.2 Å². The predicted octanol–water partition coefficient (Wildman–Crippen LogP) is 5.25. The summed E-state index contributed by atoms with van der Waals surface area (Å²) in [5.74, 6) is -4.18. The minimum absolute atomic E-state index is 0.00530. The number of nitrogens with zero attached hydrogens (tertiary/aromatic N) is 5. The van der Waals surface area contributed by atoms with E-state index in [4.69, 9.17) is 33.7 Å². The highest BCUT2D eigenvalue weighted by molar-refractivity contribution is 6.36. The van der Waals surface area contributed by atoms with Crippen LogP contribution in [0.5, 0.6) is 5.75 Å². The number of ether oxygens (including phenoxy) is 1. The van der Waals surface area contributed by atoms with E-state index >= 15 is 0 Å². The number of nitrogens with one attached hydrogen (secondary N) is 3. The summed E-state index contributed by atoms with van der Waals surface area (Å²) in [6.45, 7) is 6.22. The summed E-state index contributed by atoms with van der Waals surface area (Å²) in [5.41, 5.74) is 7.44. The lowest BCUT2D eigenvalue weighted by Gasteiger charge is -2.44. The smallest absolute Gasteiger partial charge is 0.276 e. The second-order valence-corrected chi connectivity index (χ2v) is 16.2. The van der Waals surface area contributed by atoms with E-state index in [9.17, 15) is 38.0 Å². The molecule has 3 aromatic carbocycles. The molecular weight excluding hydrogens is 860 g/mol. The van der Waals surface area contributed by atoms with Gasteiger partial charge in [0, 0.05) is 78.2 Å². The van der Waals surface area contributed by atoms with E-state index < -0.39 is 47.5 Å². The third-order valence-electron chi connectivity index (χ3n) is 11.0. The molecular formula is C43H42Cl2FN9O8. The molecule has 4 heterocycles. The third kappa shape index (κ3) is 9.13. The average Bonchev–Trinajstić information content (AvgIpc) is 3.50. The molecule has 0 radical (unpaired) electrons. The van der Waals surface area contributed by atoms with Crippen LogP contribution >= 0.6 is 23.2 Å². The number of halogens is 3. The number of anilines is 3. The van der Waals surface area contributed by atoms with E-state index in [-0.39, 0.29) is 100 Å². The van der Waals surface area contributed by atoms with E-state index in [1.165, 1.54) is 18.2 Å². The van der Waals surface area contributed by atoms with Gasteiger partial charge < -0.3 is 30.9 Å². The summed E-state index contributed by atoms with van der Waals surface area (Å²) in [5, 5.41) is 15.7. The summed E-state index contributed by atoms with van der Waals surface area (Å²) < 4.78 is 20.0. The summed E-state index contributed by atoms with van der Waals surface area (Å²) in [7, 11) is 0. The molecule has 1 unspecified atom stereocenters. The molecule has 4 aromatic rings. The van der Waals surface area contributed by atoms with Gasteiger partial charge in [0.15, 0.2) is 17.3 Å². The number of aromatic nitrogens is 2. The molecule has 0 bridgehead atoms. The molecule has 2 saturated heterocycles. The van der Waals surface area contributed by atoms with Crippen molar-refractivity contribution in [3.8, 4) is 5.75 Å². The second kappa shape index (κ2) is 18.4. The number of rotatable bonds is 12. The molecule has 5 N–H and O–H groups in total. The Morgan fingerprint density at radius 3 is 2.40 bits per heavy atom. The van der Waals surface area contributed by atoms with Gasteiger partial charge in [0.1, 0.15) is 18.0 Å². The number of hydrogen-bond donors (Lipinski definition) is 4. The summed E-state index contributed by atoms with van der Waals surface area (Å²) in [6, 6.07) is 13.2. The number of carbonyl (C=O) groups is 7. The molecule has 2 fully saturated rings. The Morgan fingerprint density at radius 1 is 0.984 bits per heavy atom. The molecule has 328 valence electrons. The van der Waals surface area contributed by atoms with Crippen molar-refractivity contribution in [3.05, 3.63) is 104 Å². The van der Waals surface area contributed by atoms with Gasteiger partial charge in [0.25, 0.3) is 23.6 Å². The molecule has 0 saturated carbocycles. The van der Waals surface area contributed by atoms with Crippen molar-refractivity contribution in [1.82, 2.24) is 30.2 Å². The van der Waals surface area contributed by atoms with Crippen molar-refractivity contribution in [2.24, 2.45) is 0 Å². The van der Waals surface area contributed by atoms with Crippen LogP contribution in [0.25, 0.3) is 0 Å². The number of benzene rings is 3. The van der Waals surface area contributed by atoms with Crippen molar-refractivity contribution < 1.29 is 42.7 Å². The fourth-order valence-corrected chi connectivity index (χ4v) is 8.74. The molecule has 0 spiro atoms. The Bertz CT molecular complexity index is 2530. The zero-order valence-electron chi connectivity index (χ0n) is 34.2. The number of hydrogen-bond acceptors (Lipinski definition) is 12. The van der Waals surface area contributed by atoms with Crippen LogP contribution in [0.1, 0.15) is 99.7 Å². The number of nitrogen functional groups attached to an aromatic ring is 1. The van der Waals surface area contributed by atoms with Crippen LogP contribution in [-0.2, 0) is 14.4 Å². The van der Waals surface area contributed by atoms with E-state index in [2.05, 4.69) is 26.1 Å². The van der Waals surface area contributed by atoms with Crippen LogP contribution in [0, 0.1) is 5.82 Å². The maximum absolute atomic E-state index is 14.1. The van der Waals surface area contributed by atoms with Gasteiger partial charge in [0.2, 0.25) is 17.7 Å². The molecule has 7 rings (SSSR count). The standard InChI is InChI=1S/C43H42Cl2FN9O8/c1-21-19-53(20-22(2)54(21)34(57)8-5-17-48-29-7-4-6-26-36(29)43(62)55(42(26)61)31-15-16-33(56)50-40(31)59)41(60)24-9-11-25(12-10-24)49-39(58)30-18-32(38(47)52-51-30)63-23(3)35-27(44)13-14-28(46)37(35)45/h4,6-7,9-14,18,21-23,31,48H,5,8,15-17,19-20H2,1-3H3,(H2,47,52)(H,49,58)(H,50,56,59)/t21-,22+,23-,31?/m1/s1. The monoisotopic (exact) mass is 901 g/mol. The van der Waals surface area contributed by atoms with Crippen LogP contribution in [0.4, 0.5) is 21.6 Å². The highest BCUT2D eigenvalue weighted by Crippen LogP contribution is 2.36. The normalized spacial score (nSPS) is 19.1. The van der Waals surface area contributed by atoms with Crippen molar-refractivity contribution in [2.75, 3.05) is 36.0 Å². The van der Waals surface area contributed by atoms with E-state index in [1.54, 1.807) is 53.1 Å². The van der Waals surface area contributed by atoms with E-state index in [0.717, 1.165) is 11.0 Å². The Labute approximate surface area is 370 Å². The quantitative estimate of drug-likeness (QED) is 0.0813. The summed E-state index contributed by atoms with van der Waals surface area (Å²) in [4.78, 5) is 95.3. The minimum atomic E-state index is -1.08. The Morgan fingerprint density at radius 2 is 1.70 bits per heavy atom. The number of imide groups is 2. The summed E-state index contributed by atoms with van der Waals surface area (Å²) in [6.07, 6.45) is -0.213. The summed E-state index contributed by atoms with van der Waals surface area (Å²) >= 11 is 12.4. The van der Waals surface area contributed by atoms with Gasteiger partial charge in [0.05, 0.1) is 16.1 Å². The predicted molar refractivity (Wildman–Crippen MR) is 229 cm³/mol. The molecule has 63 heavy (non-hydrogen) atoms. The van der Waals surface area contributed by atoms with Gasteiger partial charge in [-0.05, 0) is 82.1 Å². The first-order valence-corrected chi connectivity index (χ1v) is 20.8. The average molecular weight is 903 g/mol. The van der Waals surface area contributed by atoms with Crippen molar-refractivity contribution in [3.63, 3.8) is 0 Å². The van der Waals surface area contributed by atoms with Crippen molar-refractivity contribution >= 4 is 81.7 Å². The SMILES string of the molecule is C[C@@H]1CN(C(=O)c2ccc(NC(=O)c3cc(O[C@H](C)c4c(Cl)ccc(F)c4Cl)c(N)nn3)cc2)C[C@H](C)N1C(=O)CCCNc1cccc2c1C(=O)N(C1CCC(=O)NC1=O)C2=O. The topological polar surface area (TPSA) is 226 Å². The first-order valence-electron chi connectivity index (χ1n) is 20.1. The molecule has 3 aliphatic heterocycles. The van der Waals surface area contributed by atoms with Gasteiger partial charge in [-0.2, -0.15) is 0 Å². The number of carbonyl (C=O) groups excluding carboxylic acids is 7. The number of amides is 7. The molecule has 7 amide bonds. The molecule has 4 atom stereocenters. The largest absolute Gasteiger partial charge is 0.482 e. The fraction of sp³-hybridized carbons (Fsp3) is 0.326. The minimum Gasteiger partial charge on any atom is -0.482 e.